The fourth-order valence-corrected chi connectivity index (χ4v) is 3.07. The van der Waals surface area contributed by atoms with Crippen LogP contribution >= 0.6 is 23.2 Å². The number of hydrogen-bond donors (Lipinski definition) is 0. The van der Waals surface area contributed by atoms with E-state index in [0.29, 0.717) is 21.0 Å². The molecule has 140 valence electrons. The Morgan fingerprint density at radius 3 is 2.70 bits per heavy atom. The zero-order valence-corrected chi connectivity index (χ0v) is 15.9. The lowest BCUT2D eigenvalue weighted by molar-refractivity contribution is -0.142. The standard InChI is InChI=1S/C19H15Cl2FN2O3/c1-2-27-17(25)9-16-12-4-3-5-15(22)18(12)19(26)24(23-16)10-11-6-7-13(20)14(21)8-11/h3-8H,2,9-10H2,1H3. The Labute approximate surface area is 164 Å². The number of esters is 1. The lowest BCUT2D eigenvalue weighted by Gasteiger charge is -2.12. The van der Waals surface area contributed by atoms with Crippen LogP contribution in [0.4, 0.5) is 4.39 Å². The van der Waals surface area contributed by atoms with E-state index in [0.717, 1.165) is 4.68 Å². The molecule has 0 amide bonds. The highest BCUT2D eigenvalue weighted by Crippen LogP contribution is 2.23. The van der Waals surface area contributed by atoms with E-state index in [-0.39, 0.29) is 30.7 Å². The van der Waals surface area contributed by atoms with Gasteiger partial charge in [0.2, 0.25) is 0 Å². The lowest BCUT2D eigenvalue weighted by Crippen LogP contribution is -2.27. The average molecular weight is 409 g/mol. The number of rotatable bonds is 5. The number of carbonyl (C=O) groups is 1. The van der Waals surface area contributed by atoms with Crippen LogP contribution in [0.15, 0.2) is 41.2 Å². The highest BCUT2D eigenvalue weighted by molar-refractivity contribution is 6.42. The molecule has 3 aromatic rings. The molecule has 1 heterocycles. The maximum Gasteiger partial charge on any atom is 0.311 e. The molecule has 27 heavy (non-hydrogen) atoms. The lowest BCUT2D eigenvalue weighted by atomic mass is 10.1. The minimum Gasteiger partial charge on any atom is -0.466 e. The van der Waals surface area contributed by atoms with Crippen molar-refractivity contribution in [2.24, 2.45) is 0 Å². The Morgan fingerprint density at radius 2 is 2.00 bits per heavy atom. The van der Waals surface area contributed by atoms with Crippen molar-refractivity contribution in [3.8, 4) is 0 Å². The van der Waals surface area contributed by atoms with Crippen molar-refractivity contribution in [2.75, 3.05) is 6.61 Å². The van der Waals surface area contributed by atoms with Gasteiger partial charge in [0, 0.05) is 5.39 Å². The van der Waals surface area contributed by atoms with Crippen LogP contribution in [0.1, 0.15) is 18.2 Å². The highest BCUT2D eigenvalue weighted by atomic mass is 35.5. The number of fused-ring (bicyclic) bond motifs is 1. The predicted molar refractivity (Wildman–Crippen MR) is 102 cm³/mol. The molecule has 0 atom stereocenters. The zero-order valence-electron chi connectivity index (χ0n) is 14.3. The van der Waals surface area contributed by atoms with Gasteiger partial charge < -0.3 is 4.74 Å². The van der Waals surface area contributed by atoms with E-state index in [1.807, 2.05) is 0 Å². The van der Waals surface area contributed by atoms with Gasteiger partial charge in [-0.1, -0.05) is 41.4 Å². The zero-order chi connectivity index (χ0) is 19.6. The maximum absolute atomic E-state index is 14.4. The quantitative estimate of drug-likeness (QED) is 0.598. The summed E-state index contributed by atoms with van der Waals surface area (Å²) in [5, 5.41) is 5.16. The van der Waals surface area contributed by atoms with Crippen molar-refractivity contribution in [1.82, 2.24) is 9.78 Å². The Hall–Kier alpha value is -2.44. The van der Waals surface area contributed by atoms with Crippen LogP contribution < -0.4 is 5.56 Å². The van der Waals surface area contributed by atoms with Crippen molar-refractivity contribution >= 4 is 39.9 Å². The van der Waals surface area contributed by atoms with Gasteiger partial charge in [0.1, 0.15) is 5.82 Å². The van der Waals surface area contributed by atoms with E-state index >= 15 is 0 Å². The SMILES string of the molecule is CCOC(=O)Cc1nn(Cc2ccc(Cl)c(Cl)c2)c(=O)c2c(F)cccc12. The molecule has 1 aromatic heterocycles. The van der Waals surface area contributed by atoms with Gasteiger partial charge in [0.05, 0.1) is 40.7 Å². The first kappa shape index (κ1) is 19.3. The predicted octanol–water partition coefficient (Wildman–Crippen LogP) is 4.00. The number of nitrogens with zero attached hydrogens (tertiary/aromatic N) is 2. The van der Waals surface area contributed by atoms with Crippen molar-refractivity contribution in [3.05, 3.63) is 73.9 Å². The smallest absolute Gasteiger partial charge is 0.311 e. The van der Waals surface area contributed by atoms with E-state index in [1.54, 1.807) is 31.2 Å². The van der Waals surface area contributed by atoms with Crippen LogP contribution in [0.25, 0.3) is 10.8 Å². The Kier molecular flexibility index (Phi) is 5.77. The summed E-state index contributed by atoms with van der Waals surface area (Å²) in [7, 11) is 0. The van der Waals surface area contributed by atoms with Gasteiger partial charge in [-0.15, -0.1) is 0 Å². The molecule has 0 fully saturated rings. The van der Waals surface area contributed by atoms with Crippen molar-refractivity contribution in [2.45, 2.75) is 19.9 Å². The molecule has 0 bridgehead atoms. The Bertz CT molecular complexity index is 1080. The summed E-state index contributed by atoms with van der Waals surface area (Å²) in [6, 6.07) is 9.13. The second kappa shape index (κ2) is 8.06. The molecule has 0 unspecified atom stereocenters. The maximum atomic E-state index is 14.4. The first-order valence-corrected chi connectivity index (χ1v) is 8.94. The molecule has 0 spiro atoms. The third-order valence-electron chi connectivity index (χ3n) is 3.95. The van der Waals surface area contributed by atoms with Gasteiger partial charge in [-0.2, -0.15) is 5.10 Å². The normalized spacial score (nSPS) is 11.0. The van der Waals surface area contributed by atoms with E-state index in [4.69, 9.17) is 27.9 Å². The highest BCUT2D eigenvalue weighted by Gasteiger charge is 2.17. The van der Waals surface area contributed by atoms with Gasteiger partial charge >= 0.3 is 5.97 Å². The second-order valence-electron chi connectivity index (χ2n) is 5.80. The number of benzene rings is 2. The van der Waals surface area contributed by atoms with Gasteiger partial charge in [0.15, 0.2) is 0 Å². The minimum atomic E-state index is -0.673. The van der Waals surface area contributed by atoms with Crippen molar-refractivity contribution in [1.29, 1.82) is 0 Å². The van der Waals surface area contributed by atoms with Gasteiger partial charge in [0.25, 0.3) is 5.56 Å². The topological polar surface area (TPSA) is 61.2 Å². The largest absolute Gasteiger partial charge is 0.466 e. The van der Waals surface area contributed by atoms with Gasteiger partial charge in [-0.3, -0.25) is 9.59 Å². The number of carbonyl (C=O) groups excluding carboxylic acids is 1. The fourth-order valence-electron chi connectivity index (χ4n) is 2.75. The molecule has 0 N–H and O–H groups in total. The molecular weight excluding hydrogens is 394 g/mol. The molecule has 0 saturated carbocycles. The van der Waals surface area contributed by atoms with Crippen molar-refractivity contribution in [3.63, 3.8) is 0 Å². The molecule has 0 aliphatic heterocycles. The molecule has 3 rings (SSSR count). The summed E-state index contributed by atoms with van der Waals surface area (Å²) in [6.45, 7) is 1.96. The summed E-state index contributed by atoms with van der Waals surface area (Å²) in [6.07, 6.45) is -0.171. The molecule has 8 heteroatoms. The number of hydrogen-bond acceptors (Lipinski definition) is 4. The van der Waals surface area contributed by atoms with E-state index < -0.39 is 17.3 Å². The average Bonchev–Trinajstić information content (AvgIpc) is 2.62. The molecule has 0 aliphatic rings. The van der Waals surface area contributed by atoms with Crippen LogP contribution in [-0.2, 0) is 22.5 Å². The molecule has 0 saturated heterocycles. The number of ether oxygens (including phenoxy) is 1. The summed E-state index contributed by atoms with van der Waals surface area (Å²) < 4.78 is 20.4. The summed E-state index contributed by atoms with van der Waals surface area (Å²) in [5.74, 6) is -1.18. The number of halogens is 3. The molecule has 2 aromatic carbocycles. The van der Waals surface area contributed by atoms with Crippen molar-refractivity contribution < 1.29 is 13.9 Å². The summed E-state index contributed by atoms with van der Waals surface area (Å²) in [4.78, 5) is 24.7. The van der Waals surface area contributed by atoms with Crippen LogP contribution in [0.3, 0.4) is 0 Å². The second-order valence-corrected chi connectivity index (χ2v) is 6.62. The van der Waals surface area contributed by atoms with E-state index in [9.17, 15) is 14.0 Å². The first-order valence-electron chi connectivity index (χ1n) is 8.18. The minimum absolute atomic E-state index is 0.0514. The fraction of sp³-hybridized carbons (Fsp3) is 0.211. The van der Waals surface area contributed by atoms with Crippen LogP contribution in [0, 0.1) is 5.82 Å². The molecule has 5 nitrogen and oxygen atoms in total. The van der Waals surface area contributed by atoms with Crippen LogP contribution in [-0.4, -0.2) is 22.4 Å². The number of aromatic nitrogens is 2. The van der Waals surface area contributed by atoms with E-state index in [1.165, 1.54) is 12.1 Å². The first-order chi connectivity index (χ1) is 12.9. The van der Waals surface area contributed by atoms with Crippen LogP contribution in [0.2, 0.25) is 10.0 Å². The Balaban J connectivity index is 2.13. The monoisotopic (exact) mass is 408 g/mol. The third-order valence-corrected chi connectivity index (χ3v) is 4.69. The molecule has 0 aliphatic carbocycles. The van der Waals surface area contributed by atoms with Crippen LogP contribution in [0.5, 0.6) is 0 Å². The van der Waals surface area contributed by atoms with E-state index in [2.05, 4.69) is 5.10 Å². The third kappa shape index (κ3) is 4.12. The summed E-state index contributed by atoms with van der Waals surface area (Å²) >= 11 is 11.9. The van der Waals surface area contributed by atoms with Gasteiger partial charge in [-0.05, 0) is 30.7 Å². The molecular formula is C19H15Cl2FN2O3. The Morgan fingerprint density at radius 1 is 1.22 bits per heavy atom. The molecule has 0 radical (unpaired) electrons. The summed E-state index contributed by atoms with van der Waals surface area (Å²) in [5.41, 5.74) is 0.334. The van der Waals surface area contributed by atoms with Gasteiger partial charge in [-0.25, -0.2) is 9.07 Å².